The second-order valence-electron chi connectivity index (χ2n) is 7.32. The highest BCUT2D eigenvalue weighted by atomic mass is 31.3. The largest absolute Gasteiger partial charge is 0.790 e. The lowest BCUT2D eigenvalue weighted by molar-refractivity contribution is -0.339. The molecule has 0 aliphatic rings. The lowest BCUT2D eigenvalue weighted by Crippen LogP contribution is -2.19. The van der Waals surface area contributed by atoms with Crippen molar-refractivity contribution in [2.24, 2.45) is 0 Å². The zero-order chi connectivity index (χ0) is 22.5. The predicted molar refractivity (Wildman–Crippen MR) is 111 cm³/mol. The van der Waals surface area contributed by atoms with Gasteiger partial charge in [-0.25, -0.2) is 0 Å². The van der Waals surface area contributed by atoms with Gasteiger partial charge in [0.15, 0.2) is 0 Å². The molecular weight excluding hydrogens is 414 g/mol. The van der Waals surface area contributed by atoms with E-state index in [-0.39, 0.29) is 6.61 Å². The Morgan fingerprint density at radius 3 is 1.55 bits per heavy atom. The van der Waals surface area contributed by atoms with Gasteiger partial charge in [0.25, 0.3) is 7.82 Å². The van der Waals surface area contributed by atoms with Crippen molar-refractivity contribution in [2.45, 2.75) is 73.1 Å². The SMILES string of the molecule is CC(C)=CCC/C(C)=C\CC/C(C)=C\CC/C(C)=C\COP(=O)([O-])OP(=O)([O-])[O-]. The Hall–Kier alpha value is -0.780. The third kappa shape index (κ3) is 19.0. The van der Waals surface area contributed by atoms with Crippen LogP contribution in [0.1, 0.15) is 73.1 Å². The highest BCUT2D eigenvalue weighted by Gasteiger charge is 2.10. The molecule has 0 amide bonds. The lowest BCUT2D eigenvalue weighted by Gasteiger charge is -2.34. The van der Waals surface area contributed by atoms with Gasteiger partial charge in [-0.3, -0.25) is 8.88 Å². The van der Waals surface area contributed by atoms with Gasteiger partial charge in [-0.1, -0.05) is 46.6 Å². The van der Waals surface area contributed by atoms with Crippen LogP contribution in [-0.4, -0.2) is 6.61 Å². The van der Waals surface area contributed by atoms with Crippen LogP contribution in [0.5, 0.6) is 0 Å². The van der Waals surface area contributed by atoms with Crippen LogP contribution in [0.2, 0.25) is 0 Å². The van der Waals surface area contributed by atoms with E-state index in [1.54, 1.807) is 0 Å². The first kappa shape index (κ1) is 28.2. The second-order valence-corrected chi connectivity index (χ2v) is 10.0. The van der Waals surface area contributed by atoms with Crippen LogP contribution in [0.4, 0.5) is 0 Å². The first-order valence-electron chi connectivity index (χ1n) is 9.60. The van der Waals surface area contributed by atoms with Crippen molar-refractivity contribution in [3.63, 3.8) is 0 Å². The van der Waals surface area contributed by atoms with Gasteiger partial charge in [0.1, 0.15) is 0 Å². The topological polar surface area (TPSA) is 122 Å². The fraction of sp³-hybridized carbons (Fsp3) is 0.600. The van der Waals surface area contributed by atoms with Crippen molar-refractivity contribution in [3.05, 3.63) is 46.6 Å². The predicted octanol–water partition coefficient (Wildman–Crippen LogP) is 4.46. The maximum Gasteiger partial charge on any atom is 0.272 e. The van der Waals surface area contributed by atoms with Gasteiger partial charge >= 0.3 is 0 Å². The Morgan fingerprint density at radius 1 is 0.724 bits per heavy atom. The monoisotopic (exact) mass is 447 g/mol. The molecule has 0 saturated carbocycles. The minimum Gasteiger partial charge on any atom is -0.790 e. The van der Waals surface area contributed by atoms with Gasteiger partial charge in [-0.05, 0) is 73.1 Å². The van der Waals surface area contributed by atoms with E-state index < -0.39 is 15.6 Å². The van der Waals surface area contributed by atoms with Gasteiger partial charge < -0.3 is 23.8 Å². The molecule has 0 fully saturated rings. The van der Waals surface area contributed by atoms with Crippen LogP contribution in [0.25, 0.3) is 0 Å². The number of hydrogen-bond acceptors (Lipinski definition) is 7. The summed E-state index contributed by atoms with van der Waals surface area (Å²) in [7, 11) is -10.8. The van der Waals surface area contributed by atoms with Crippen LogP contribution in [0.3, 0.4) is 0 Å². The molecule has 0 heterocycles. The third-order valence-corrected chi connectivity index (χ3v) is 6.08. The Morgan fingerprint density at radius 2 is 1.14 bits per heavy atom. The number of phosphoric acid groups is 2. The summed E-state index contributed by atoms with van der Waals surface area (Å²) >= 11 is 0. The van der Waals surface area contributed by atoms with E-state index in [1.165, 1.54) is 22.8 Å². The molecule has 0 aliphatic heterocycles. The minimum atomic E-state index is -5.64. The minimum absolute atomic E-state index is 0.383. The molecule has 0 saturated heterocycles. The van der Waals surface area contributed by atoms with E-state index in [1.807, 2.05) is 6.92 Å². The molecule has 0 rings (SSSR count). The van der Waals surface area contributed by atoms with Gasteiger partial charge in [-0.15, -0.1) is 0 Å². The van der Waals surface area contributed by atoms with Crippen LogP contribution in [0, 0.1) is 0 Å². The zero-order valence-electron chi connectivity index (χ0n) is 18.0. The Balaban J connectivity index is 4.20. The maximum atomic E-state index is 11.1. The van der Waals surface area contributed by atoms with Gasteiger partial charge in [0, 0.05) is 0 Å². The molecule has 29 heavy (non-hydrogen) atoms. The quantitative estimate of drug-likeness (QED) is 0.284. The van der Waals surface area contributed by atoms with E-state index >= 15 is 0 Å². The number of hydrogen-bond donors (Lipinski definition) is 0. The Bertz CT molecular complexity index is 710. The summed E-state index contributed by atoms with van der Waals surface area (Å²) in [5, 5.41) is 0. The maximum absolute atomic E-state index is 11.1. The van der Waals surface area contributed by atoms with Crippen molar-refractivity contribution in [2.75, 3.05) is 6.61 Å². The summed E-state index contributed by atoms with van der Waals surface area (Å²) in [5.41, 5.74) is 4.93. The highest BCUT2D eigenvalue weighted by Crippen LogP contribution is 2.50. The molecular formula is C20H33O7P2-3. The fourth-order valence-corrected chi connectivity index (χ4v) is 3.83. The number of phosphoric ester groups is 1. The van der Waals surface area contributed by atoms with Gasteiger partial charge in [0.2, 0.25) is 0 Å². The molecule has 7 nitrogen and oxygen atoms in total. The van der Waals surface area contributed by atoms with Crippen molar-refractivity contribution >= 4 is 15.6 Å². The van der Waals surface area contributed by atoms with Crippen LogP contribution < -0.4 is 14.7 Å². The van der Waals surface area contributed by atoms with Crippen LogP contribution in [-0.2, 0) is 18.0 Å². The van der Waals surface area contributed by atoms with E-state index in [4.69, 9.17) is 0 Å². The molecule has 0 aromatic rings. The molecule has 0 spiro atoms. The molecule has 0 radical (unpaired) electrons. The molecule has 168 valence electrons. The van der Waals surface area contributed by atoms with Crippen molar-refractivity contribution < 1.29 is 32.6 Å². The van der Waals surface area contributed by atoms with E-state index in [9.17, 15) is 23.8 Å². The van der Waals surface area contributed by atoms with E-state index in [0.717, 1.165) is 37.7 Å². The first-order valence-corrected chi connectivity index (χ1v) is 12.5. The van der Waals surface area contributed by atoms with E-state index in [2.05, 4.69) is 54.8 Å². The highest BCUT2D eigenvalue weighted by molar-refractivity contribution is 7.58. The normalized spacial score (nSPS) is 15.9. The van der Waals surface area contributed by atoms with Crippen LogP contribution >= 0.6 is 15.6 Å². The molecule has 1 unspecified atom stereocenters. The molecule has 0 N–H and O–H groups in total. The summed E-state index contributed by atoms with van der Waals surface area (Å²) in [6, 6.07) is 0. The fourth-order valence-electron chi connectivity index (χ4n) is 2.40. The van der Waals surface area contributed by atoms with Gasteiger partial charge in [0.05, 0.1) is 14.4 Å². The summed E-state index contributed by atoms with van der Waals surface area (Å²) in [4.78, 5) is 31.7. The standard InChI is InChI=1S/C20H36O7P2/c1-17(2)9-6-10-18(3)11-7-12-19(4)13-8-14-20(5)15-16-26-29(24,25)27-28(21,22)23/h9,11,13,15H,6-8,10,12,14,16H2,1-5H3,(H,24,25)(H2,21,22,23)/p-3/b18-11-,19-13-,20-15-. The molecule has 1 atom stereocenters. The summed E-state index contributed by atoms with van der Waals surface area (Å²) in [5.74, 6) is 0. The van der Waals surface area contributed by atoms with Crippen molar-refractivity contribution in [3.8, 4) is 0 Å². The smallest absolute Gasteiger partial charge is 0.272 e. The molecule has 0 bridgehead atoms. The average molecular weight is 447 g/mol. The van der Waals surface area contributed by atoms with Crippen molar-refractivity contribution in [1.82, 2.24) is 0 Å². The molecule has 0 aromatic heterocycles. The molecule has 9 heteroatoms. The third-order valence-electron chi connectivity index (χ3n) is 4.02. The van der Waals surface area contributed by atoms with Crippen LogP contribution in [0.15, 0.2) is 46.6 Å². The zero-order valence-corrected chi connectivity index (χ0v) is 19.8. The average Bonchev–Trinajstić information content (AvgIpc) is 2.51. The summed E-state index contributed by atoms with van der Waals surface area (Å²) < 4.78 is 29.1. The lowest BCUT2D eigenvalue weighted by atomic mass is 10.0. The number of rotatable bonds is 14. The van der Waals surface area contributed by atoms with Crippen molar-refractivity contribution in [1.29, 1.82) is 0 Å². The Kier molecular flexibility index (Phi) is 13.9. The van der Waals surface area contributed by atoms with Gasteiger partial charge in [-0.2, -0.15) is 0 Å². The summed E-state index contributed by atoms with van der Waals surface area (Å²) in [6.45, 7) is 9.89. The number of allylic oxidation sites excluding steroid dienone is 7. The molecule has 0 aliphatic carbocycles. The second kappa shape index (κ2) is 14.3. The molecule has 0 aromatic carbocycles. The Labute approximate surface area is 175 Å². The summed E-state index contributed by atoms with van der Waals surface area (Å²) in [6.07, 6.45) is 13.9. The first-order chi connectivity index (χ1) is 13.3. The van der Waals surface area contributed by atoms with E-state index in [0.29, 0.717) is 6.42 Å².